The summed E-state index contributed by atoms with van der Waals surface area (Å²) in [5.74, 6) is 0.862. The first-order chi connectivity index (χ1) is 14.9. The smallest absolute Gasteiger partial charge is 0.267 e. The van der Waals surface area contributed by atoms with Gasteiger partial charge in [-0.05, 0) is 55.5 Å². The van der Waals surface area contributed by atoms with Gasteiger partial charge in [0.05, 0.1) is 5.69 Å². The molecule has 0 radical (unpaired) electrons. The lowest BCUT2D eigenvalue weighted by Crippen LogP contribution is -2.38. The number of carbonyl (C=O) groups is 1. The molecule has 3 aromatic carbocycles. The Hall–Kier alpha value is -3.51. The third kappa shape index (κ3) is 4.64. The van der Waals surface area contributed by atoms with Gasteiger partial charge in [-0.25, -0.2) is 4.39 Å². The summed E-state index contributed by atoms with van der Waals surface area (Å²) in [6, 6.07) is 20.5. The summed E-state index contributed by atoms with van der Waals surface area (Å²) >= 11 is 6.01. The maximum Gasteiger partial charge on any atom is 0.267 e. The molecule has 4 aromatic rings. The standard InChI is InChI=1S/C24H20ClFN2O3/c1-15(24(29)28(2)22-6-4-3-5-20(22)26)30-18-9-11-19(12-10-18)31-23-13-16-7-8-17(25)14-21(16)27-23/h3-15,27H,1-2H3/t15-/m1/s1. The van der Waals surface area contributed by atoms with Crippen molar-refractivity contribution >= 4 is 34.1 Å². The summed E-state index contributed by atoms with van der Waals surface area (Å²) in [7, 11) is 1.52. The van der Waals surface area contributed by atoms with Crippen LogP contribution in [0.2, 0.25) is 5.02 Å². The van der Waals surface area contributed by atoms with E-state index in [1.54, 1.807) is 49.4 Å². The van der Waals surface area contributed by atoms with Gasteiger partial charge in [0.15, 0.2) is 12.0 Å². The molecule has 31 heavy (non-hydrogen) atoms. The molecule has 7 heteroatoms. The normalized spacial score (nSPS) is 11.9. The predicted octanol–water partition coefficient (Wildman–Crippen LogP) is 6.18. The summed E-state index contributed by atoms with van der Waals surface area (Å²) in [4.78, 5) is 17.0. The monoisotopic (exact) mass is 438 g/mol. The molecule has 1 amide bonds. The molecule has 1 heterocycles. The van der Waals surface area contributed by atoms with Crippen molar-refractivity contribution in [3.8, 4) is 17.4 Å². The van der Waals surface area contributed by atoms with Gasteiger partial charge in [0.1, 0.15) is 17.3 Å². The van der Waals surface area contributed by atoms with E-state index >= 15 is 0 Å². The van der Waals surface area contributed by atoms with Crippen LogP contribution in [0.3, 0.4) is 0 Å². The van der Waals surface area contributed by atoms with Gasteiger partial charge in [0, 0.05) is 29.0 Å². The van der Waals surface area contributed by atoms with Crippen LogP contribution >= 0.6 is 11.6 Å². The molecule has 5 nitrogen and oxygen atoms in total. The number of aromatic amines is 1. The number of H-pyrrole nitrogens is 1. The molecule has 0 fully saturated rings. The van der Waals surface area contributed by atoms with Crippen LogP contribution in [0.25, 0.3) is 10.9 Å². The summed E-state index contributed by atoms with van der Waals surface area (Å²) in [5.41, 5.74) is 1.08. The number of rotatable bonds is 6. The molecule has 1 atom stereocenters. The molecule has 158 valence electrons. The van der Waals surface area contributed by atoms with Crippen LogP contribution in [0.1, 0.15) is 6.92 Å². The molecule has 0 bridgehead atoms. The first kappa shape index (κ1) is 20.8. The van der Waals surface area contributed by atoms with E-state index in [1.165, 1.54) is 18.0 Å². The van der Waals surface area contributed by atoms with E-state index in [4.69, 9.17) is 21.1 Å². The Kier molecular flexibility index (Phi) is 5.82. The number of amides is 1. The molecule has 0 spiro atoms. The molecule has 0 aliphatic carbocycles. The van der Waals surface area contributed by atoms with Crippen LogP contribution in [-0.4, -0.2) is 24.0 Å². The Morgan fingerprint density at radius 2 is 1.74 bits per heavy atom. The van der Waals surface area contributed by atoms with Gasteiger partial charge in [-0.1, -0.05) is 29.8 Å². The second-order valence-corrected chi connectivity index (χ2v) is 7.48. The van der Waals surface area contributed by atoms with Crippen molar-refractivity contribution in [1.29, 1.82) is 0 Å². The molecular weight excluding hydrogens is 419 g/mol. The van der Waals surface area contributed by atoms with Gasteiger partial charge in [-0.2, -0.15) is 0 Å². The Labute approximate surface area is 184 Å². The van der Waals surface area contributed by atoms with Crippen molar-refractivity contribution in [2.75, 3.05) is 11.9 Å². The lowest BCUT2D eigenvalue weighted by Gasteiger charge is -2.22. The third-order valence-electron chi connectivity index (χ3n) is 4.82. The first-order valence-corrected chi connectivity index (χ1v) is 10.0. The minimum atomic E-state index is -0.796. The number of carbonyl (C=O) groups excluding carboxylic acids is 1. The fraction of sp³-hybridized carbons (Fsp3) is 0.125. The fourth-order valence-corrected chi connectivity index (χ4v) is 3.38. The number of fused-ring (bicyclic) bond motifs is 1. The number of nitrogens with zero attached hydrogens (tertiary/aromatic N) is 1. The number of hydrogen-bond acceptors (Lipinski definition) is 3. The number of nitrogens with one attached hydrogen (secondary N) is 1. The van der Waals surface area contributed by atoms with E-state index in [0.29, 0.717) is 22.4 Å². The largest absolute Gasteiger partial charge is 0.481 e. The van der Waals surface area contributed by atoms with Crippen molar-refractivity contribution in [1.82, 2.24) is 4.98 Å². The number of hydrogen-bond donors (Lipinski definition) is 1. The van der Waals surface area contributed by atoms with Crippen molar-refractivity contribution in [2.24, 2.45) is 0 Å². The maximum atomic E-state index is 13.9. The lowest BCUT2D eigenvalue weighted by molar-refractivity contribution is -0.124. The molecule has 4 rings (SSSR count). The van der Waals surface area contributed by atoms with E-state index < -0.39 is 11.9 Å². The number of anilines is 1. The van der Waals surface area contributed by atoms with Gasteiger partial charge in [0.2, 0.25) is 0 Å². The Morgan fingerprint density at radius 3 is 2.48 bits per heavy atom. The average Bonchev–Trinajstić information content (AvgIpc) is 3.15. The number of likely N-dealkylation sites (N-methyl/N-ethyl adjacent to an activating group) is 1. The number of aromatic nitrogens is 1. The molecule has 0 unspecified atom stereocenters. The number of para-hydroxylation sites is 1. The Bertz CT molecular complexity index is 1220. The topological polar surface area (TPSA) is 54.6 Å². The number of benzene rings is 3. The van der Waals surface area contributed by atoms with Crippen LogP contribution in [-0.2, 0) is 4.79 Å². The number of halogens is 2. The highest BCUT2D eigenvalue weighted by Gasteiger charge is 2.22. The van der Waals surface area contributed by atoms with Gasteiger partial charge in [0.25, 0.3) is 5.91 Å². The van der Waals surface area contributed by atoms with Gasteiger partial charge >= 0.3 is 0 Å². The second kappa shape index (κ2) is 8.70. The summed E-state index contributed by atoms with van der Waals surface area (Å²) in [5, 5.41) is 1.64. The van der Waals surface area contributed by atoms with Gasteiger partial charge < -0.3 is 19.4 Å². The molecule has 1 aromatic heterocycles. The zero-order chi connectivity index (χ0) is 22.0. The van der Waals surface area contributed by atoms with Crippen LogP contribution < -0.4 is 14.4 Å². The molecule has 0 saturated heterocycles. The third-order valence-corrected chi connectivity index (χ3v) is 5.05. The summed E-state index contributed by atoms with van der Waals surface area (Å²) in [6.45, 7) is 1.62. The average molecular weight is 439 g/mol. The second-order valence-electron chi connectivity index (χ2n) is 7.05. The highest BCUT2D eigenvalue weighted by molar-refractivity contribution is 6.31. The molecule has 1 N–H and O–H groups in total. The van der Waals surface area contributed by atoms with E-state index in [1.807, 2.05) is 24.3 Å². The fourth-order valence-electron chi connectivity index (χ4n) is 3.21. The summed E-state index contributed by atoms with van der Waals surface area (Å²) in [6.07, 6.45) is -0.796. The van der Waals surface area contributed by atoms with E-state index in [0.717, 1.165) is 10.9 Å². The minimum absolute atomic E-state index is 0.200. The molecular formula is C24H20ClFN2O3. The molecule has 0 aliphatic heterocycles. The predicted molar refractivity (Wildman–Crippen MR) is 120 cm³/mol. The Morgan fingerprint density at radius 1 is 1.03 bits per heavy atom. The highest BCUT2D eigenvalue weighted by atomic mass is 35.5. The van der Waals surface area contributed by atoms with E-state index in [2.05, 4.69) is 4.98 Å². The van der Waals surface area contributed by atoms with Crippen molar-refractivity contribution in [2.45, 2.75) is 13.0 Å². The lowest BCUT2D eigenvalue weighted by atomic mass is 10.2. The van der Waals surface area contributed by atoms with Crippen LogP contribution in [0, 0.1) is 5.82 Å². The van der Waals surface area contributed by atoms with Gasteiger partial charge in [-0.3, -0.25) is 4.79 Å². The molecule has 0 saturated carbocycles. The molecule has 0 aliphatic rings. The van der Waals surface area contributed by atoms with Gasteiger partial charge in [-0.15, -0.1) is 0 Å². The highest BCUT2D eigenvalue weighted by Crippen LogP contribution is 2.28. The minimum Gasteiger partial charge on any atom is -0.481 e. The van der Waals surface area contributed by atoms with Crippen LogP contribution in [0.15, 0.2) is 72.8 Å². The first-order valence-electron chi connectivity index (χ1n) is 9.65. The zero-order valence-electron chi connectivity index (χ0n) is 16.9. The summed E-state index contributed by atoms with van der Waals surface area (Å²) < 4.78 is 25.5. The Balaban J connectivity index is 1.40. The van der Waals surface area contributed by atoms with Crippen LogP contribution in [0.4, 0.5) is 10.1 Å². The quantitative estimate of drug-likeness (QED) is 0.391. The zero-order valence-corrected chi connectivity index (χ0v) is 17.7. The SMILES string of the molecule is C[C@@H](Oc1ccc(Oc2cc3ccc(Cl)cc3[nH]2)cc1)C(=O)N(C)c1ccccc1F. The van der Waals surface area contributed by atoms with Crippen molar-refractivity contribution in [3.63, 3.8) is 0 Å². The van der Waals surface area contributed by atoms with Crippen LogP contribution in [0.5, 0.6) is 17.4 Å². The van der Waals surface area contributed by atoms with E-state index in [-0.39, 0.29) is 11.6 Å². The van der Waals surface area contributed by atoms with E-state index in [9.17, 15) is 9.18 Å². The van der Waals surface area contributed by atoms with Crippen molar-refractivity contribution in [3.05, 3.63) is 83.6 Å². The maximum absolute atomic E-state index is 13.9. The van der Waals surface area contributed by atoms with Crippen molar-refractivity contribution < 1.29 is 18.7 Å². The number of ether oxygens (including phenoxy) is 2.